The van der Waals surface area contributed by atoms with Crippen molar-refractivity contribution in [1.29, 1.82) is 0 Å². The molecule has 0 aliphatic heterocycles. The summed E-state index contributed by atoms with van der Waals surface area (Å²) in [4.78, 5) is 28.1. The zero-order valence-electron chi connectivity index (χ0n) is 18.6. The molecule has 0 aromatic heterocycles. The average Bonchev–Trinajstić information content (AvgIpc) is 2.82. The standard InChI is InChI=1S/C26H25BrCl2N2O3/c1-2-30-26(33)24(14-18-6-4-3-5-7-18)31(16-19-8-11-21(28)15-23(19)29)25(32)17-34-22-12-9-20(27)10-13-22/h3-13,15,24H,2,14,16-17H2,1H3,(H,30,33). The number of halogens is 3. The molecule has 0 aliphatic rings. The van der Waals surface area contributed by atoms with Crippen LogP contribution in [0.4, 0.5) is 0 Å². The van der Waals surface area contributed by atoms with E-state index < -0.39 is 6.04 Å². The highest BCUT2D eigenvalue weighted by Crippen LogP contribution is 2.24. The van der Waals surface area contributed by atoms with Gasteiger partial charge in [-0.1, -0.05) is 75.5 Å². The van der Waals surface area contributed by atoms with Gasteiger partial charge < -0.3 is 15.0 Å². The van der Waals surface area contributed by atoms with Gasteiger partial charge in [-0.3, -0.25) is 9.59 Å². The van der Waals surface area contributed by atoms with Crippen LogP contribution >= 0.6 is 39.1 Å². The predicted molar refractivity (Wildman–Crippen MR) is 139 cm³/mol. The molecule has 0 radical (unpaired) electrons. The Balaban J connectivity index is 1.91. The Hall–Kier alpha value is -2.54. The first-order chi connectivity index (χ1) is 16.4. The summed E-state index contributed by atoms with van der Waals surface area (Å²) in [7, 11) is 0. The summed E-state index contributed by atoms with van der Waals surface area (Å²) in [5.41, 5.74) is 1.62. The minimum absolute atomic E-state index is 0.132. The highest BCUT2D eigenvalue weighted by molar-refractivity contribution is 9.10. The van der Waals surface area contributed by atoms with Crippen LogP contribution in [0.5, 0.6) is 5.75 Å². The number of nitrogens with zero attached hydrogens (tertiary/aromatic N) is 1. The number of ether oxygens (including phenoxy) is 1. The van der Waals surface area contributed by atoms with Gasteiger partial charge in [0.05, 0.1) is 0 Å². The lowest BCUT2D eigenvalue weighted by molar-refractivity contribution is -0.142. The van der Waals surface area contributed by atoms with Gasteiger partial charge in [-0.25, -0.2) is 0 Å². The second-order valence-electron chi connectivity index (χ2n) is 7.60. The fourth-order valence-corrected chi connectivity index (χ4v) is 4.17. The van der Waals surface area contributed by atoms with Crippen molar-refractivity contribution < 1.29 is 14.3 Å². The normalized spacial score (nSPS) is 11.5. The van der Waals surface area contributed by atoms with Gasteiger partial charge in [-0.2, -0.15) is 0 Å². The molecule has 34 heavy (non-hydrogen) atoms. The van der Waals surface area contributed by atoms with Gasteiger partial charge in [-0.15, -0.1) is 0 Å². The second kappa shape index (κ2) is 12.8. The number of hydrogen-bond donors (Lipinski definition) is 1. The monoisotopic (exact) mass is 562 g/mol. The van der Waals surface area contributed by atoms with Gasteiger partial charge in [0.15, 0.2) is 6.61 Å². The van der Waals surface area contributed by atoms with E-state index in [-0.39, 0.29) is 25.0 Å². The van der Waals surface area contributed by atoms with Crippen LogP contribution in [0.3, 0.4) is 0 Å². The van der Waals surface area contributed by atoms with Crippen LogP contribution in [-0.2, 0) is 22.6 Å². The molecule has 0 bridgehead atoms. The van der Waals surface area contributed by atoms with Gasteiger partial charge in [0.2, 0.25) is 5.91 Å². The van der Waals surface area contributed by atoms with E-state index in [0.29, 0.717) is 34.3 Å². The SMILES string of the molecule is CCNC(=O)C(Cc1ccccc1)N(Cc1ccc(Cl)cc1Cl)C(=O)COc1ccc(Br)cc1. The molecule has 0 aliphatic carbocycles. The largest absolute Gasteiger partial charge is 0.484 e. The molecule has 0 spiro atoms. The lowest BCUT2D eigenvalue weighted by Crippen LogP contribution is -2.51. The molecular weight excluding hydrogens is 539 g/mol. The third-order valence-corrected chi connectivity index (χ3v) is 6.27. The van der Waals surface area contributed by atoms with Crippen molar-refractivity contribution in [2.24, 2.45) is 0 Å². The van der Waals surface area contributed by atoms with Crippen LogP contribution in [0.2, 0.25) is 10.0 Å². The van der Waals surface area contributed by atoms with Gasteiger partial charge in [-0.05, 0) is 54.4 Å². The number of likely N-dealkylation sites (N-methyl/N-ethyl adjacent to an activating group) is 1. The summed E-state index contributed by atoms with van der Waals surface area (Å²) in [6, 6.07) is 21.1. The van der Waals surface area contributed by atoms with Gasteiger partial charge in [0.1, 0.15) is 11.8 Å². The molecule has 2 amide bonds. The summed E-state index contributed by atoms with van der Waals surface area (Å²) >= 11 is 15.8. The van der Waals surface area contributed by atoms with Crippen LogP contribution in [0.15, 0.2) is 77.3 Å². The molecule has 3 aromatic rings. The molecule has 3 aromatic carbocycles. The Kier molecular flexibility index (Phi) is 9.81. The minimum atomic E-state index is -0.755. The molecule has 1 atom stereocenters. The van der Waals surface area contributed by atoms with Crippen LogP contribution in [0.1, 0.15) is 18.1 Å². The average molecular weight is 564 g/mol. The summed E-state index contributed by atoms with van der Waals surface area (Å²) in [6.45, 7) is 2.20. The molecule has 178 valence electrons. The summed E-state index contributed by atoms with van der Waals surface area (Å²) < 4.78 is 6.64. The van der Waals surface area contributed by atoms with E-state index in [9.17, 15) is 9.59 Å². The van der Waals surface area contributed by atoms with Crippen molar-refractivity contribution in [3.8, 4) is 5.75 Å². The van der Waals surface area contributed by atoms with Crippen LogP contribution < -0.4 is 10.1 Å². The predicted octanol–water partition coefficient (Wildman–Crippen LogP) is 5.91. The number of rotatable bonds is 10. The van der Waals surface area contributed by atoms with Crippen LogP contribution in [0.25, 0.3) is 0 Å². The molecule has 3 rings (SSSR count). The number of carbonyl (C=O) groups is 2. The molecule has 0 heterocycles. The van der Waals surface area contributed by atoms with E-state index in [1.54, 1.807) is 30.3 Å². The lowest BCUT2D eigenvalue weighted by atomic mass is 10.0. The Bertz CT molecular complexity index is 1110. The molecule has 0 saturated carbocycles. The van der Waals surface area contributed by atoms with Crippen LogP contribution in [0, 0.1) is 0 Å². The highest BCUT2D eigenvalue weighted by atomic mass is 79.9. The van der Waals surface area contributed by atoms with Gasteiger partial charge >= 0.3 is 0 Å². The molecular formula is C26H25BrCl2N2O3. The number of nitrogens with one attached hydrogen (secondary N) is 1. The zero-order valence-corrected chi connectivity index (χ0v) is 21.7. The van der Waals surface area contributed by atoms with Crippen molar-refractivity contribution in [2.45, 2.75) is 25.9 Å². The smallest absolute Gasteiger partial charge is 0.261 e. The van der Waals surface area contributed by atoms with E-state index in [1.165, 1.54) is 4.90 Å². The van der Waals surface area contributed by atoms with Crippen LogP contribution in [-0.4, -0.2) is 35.9 Å². The third kappa shape index (κ3) is 7.49. The molecule has 5 nitrogen and oxygen atoms in total. The molecule has 0 saturated heterocycles. The fourth-order valence-electron chi connectivity index (χ4n) is 3.44. The number of carbonyl (C=O) groups excluding carboxylic acids is 2. The third-order valence-electron chi connectivity index (χ3n) is 5.15. The van der Waals surface area contributed by atoms with Crippen molar-refractivity contribution in [3.63, 3.8) is 0 Å². The molecule has 8 heteroatoms. The van der Waals surface area contributed by atoms with E-state index in [2.05, 4.69) is 21.2 Å². The Morgan fingerprint density at radius 2 is 1.74 bits per heavy atom. The van der Waals surface area contributed by atoms with Crippen molar-refractivity contribution in [3.05, 3.63) is 98.4 Å². The number of hydrogen-bond acceptors (Lipinski definition) is 3. The summed E-state index contributed by atoms with van der Waals surface area (Å²) in [5.74, 6) is -0.0202. The molecule has 1 unspecified atom stereocenters. The highest BCUT2D eigenvalue weighted by Gasteiger charge is 2.31. The number of benzene rings is 3. The maximum Gasteiger partial charge on any atom is 0.261 e. The first-order valence-corrected chi connectivity index (χ1v) is 12.4. The molecule has 1 N–H and O–H groups in total. The van der Waals surface area contributed by atoms with E-state index in [4.69, 9.17) is 27.9 Å². The Labute approximate surface area is 218 Å². The van der Waals surface area contributed by atoms with E-state index in [0.717, 1.165) is 10.0 Å². The van der Waals surface area contributed by atoms with Gasteiger partial charge in [0, 0.05) is 34.0 Å². The minimum Gasteiger partial charge on any atom is -0.484 e. The molecule has 0 fully saturated rings. The Morgan fingerprint density at radius 3 is 2.38 bits per heavy atom. The fraction of sp³-hybridized carbons (Fsp3) is 0.231. The van der Waals surface area contributed by atoms with E-state index in [1.807, 2.05) is 49.4 Å². The second-order valence-corrected chi connectivity index (χ2v) is 9.36. The first-order valence-electron chi connectivity index (χ1n) is 10.8. The van der Waals surface area contributed by atoms with Gasteiger partial charge in [0.25, 0.3) is 5.91 Å². The number of amides is 2. The van der Waals surface area contributed by atoms with E-state index >= 15 is 0 Å². The zero-order chi connectivity index (χ0) is 24.5. The maximum absolute atomic E-state index is 13.4. The van der Waals surface area contributed by atoms with Crippen molar-refractivity contribution >= 4 is 50.9 Å². The van der Waals surface area contributed by atoms with Crippen molar-refractivity contribution in [2.75, 3.05) is 13.2 Å². The lowest BCUT2D eigenvalue weighted by Gasteiger charge is -2.31. The maximum atomic E-state index is 13.4. The first kappa shape index (κ1) is 26.1. The summed E-state index contributed by atoms with van der Waals surface area (Å²) in [6.07, 6.45) is 0.349. The topological polar surface area (TPSA) is 58.6 Å². The Morgan fingerprint density at radius 1 is 1.03 bits per heavy atom. The quantitative estimate of drug-likeness (QED) is 0.333. The van der Waals surface area contributed by atoms with Crippen molar-refractivity contribution in [1.82, 2.24) is 10.2 Å². The summed E-state index contributed by atoms with van der Waals surface area (Å²) in [5, 5.41) is 3.78.